The van der Waals surface area contributed by atoms with E-state index in [4.69, 9.17) is 9.15 Å². The monoisotopic (exact) mass is 218 g/mol. The quantitative estimate of drug-likeness (QED) is 0.672. The summed E-state index contributed by atoms with van der Waals surface area (Å²) in [4.78, 5) is 11.7. The molecule has 0 saturated heterocycles. The highest BCUT2D eigenvalue weighted by molar-refractivity contribution is 5.84. The summed E-state index contributed by atoms with van der Waals surface area (Å²) in [7, 11) is 0. The minimum absolute atomic E-state index is 0.223. The lowest BCUT2D eigenvalue weighted by atomic mass is 10.0. The van der Waals surface area contributed by atoms with E-state index in [9.17, 15) is 9.90 Å². The Labute approximate surface area is 91.1 Å². The minimum Gasteiger partial charge on any atom is -0.490 e. The fourth-order valence-electron chi connectivity index (χ4n) is 1.97. The minimum atomic E-state index is -0.628. The van der Waals surface area contributed by atoms with Crippen molar-refractivity contribution in [1.82, 2.24) is 0 Å². The standard InChI is InChI=1S/C12H10O4/c13-7-5-9-11(15-6-7)8-3-1-2-4-10(8)16-12(9)14/h1-4,7,13H,5-6H2. The molecule has 1 aliphatic rings. The second-order valence-corrected chi connectivity index (χ2v) is 3.86. The number of hydrogen-bond acceptors (Lipinski definition) is 4. The summed E-state index contributed by atoms with van der Waals surface area (Å²) in [6, 6.07) is 7.23. The second kappa shape index (κ2) is 3.35. The van der Waals surface area contributed by atoms with E-state index in [1.807, 2.05) is 12.1 Å². The van der Waals surface area contributed by atoms with E-state index in [0.717, 1.165) is 5.39 Å². The second-order valence-electron chi connectivity index (χ2n) is 3.86. The fraction of sp³-hybridized carbons (Fsp3) is 0.250. The Hall–Kier alpha value is -1.81. The highest BCUT2D eigenvalue weighted by Crippen LogP contribution is 2.30. The molecule has 1 aliphatic heterocycles. The van der Waals surface area contributed by atoms with Gasteiger partial charge in [-0.1, -0.05) is 12.1 Å². The van der Waals surface area contributed by atoms with Crippen LogP contribution >= 0.6 is 0 Å². The van der Waals surface area contributed by atoms with Crippen LogP contribution in [0.1, 0.15) is 5.56 Å². The van der Waals surface area contributed by atoms with E-state index in [0.29, 0.717) is 23.3 Å². The summed E-state index contributed by atoms with van der Waals surface area (Å²) < 4.78 is 10.6. The number of benzene rings is 1. The van der Waals surface area contributed by atoms with Crippen molar-refractivity contribution in [2.75, 3.05) is 6.61 Å². The van der Waals surface area contributed by atoms with Crippen LogP contribution in [0.5, 0.6) is 5.75 Å². The SMILES string of the molecule is O=c1oc2ccccc2c2c1CC(O)CO2. The van der Waals surface area contributed by atoms with Gasteiger partial charge in [-0.2, -0.15) is 0 Å². The lowest BCUT2D eigenvalue weighted by Crippen LogP contribution is -2.29. The normalized spacial score (nSPS) is 19.2. The first-order chi connectivity index (χ1) is 7.75. The molecule has 1 aromatic heterocycles. The number of aliphatic hydroxyl groups excluding tert-OH is 1. The van der Waals surface area contributed by atoms with Crippen LogP contribution in [-0.4, -0.2) is 17.8 Å². The zero-order chi connectivity index (χ0) is 11.1. The molecule has 1 aromatic carbocycles. The fourth-order valence-corrected chi connectivity index (χ4v) is 1.97. The smallest absolute Gasteiger partial charge is 0.343 e. The molecule has 0 aliphatic carbocycles. The molecule has 16 heavy (non-hydrogen) atoms. The van der Waals surface area contributed by atoms with Crippen molar-refractivity contribution in [3.8, 4) is 5.75 Å². The van der Waals surface area contributed by atoms with Crippen molar-refractivity contribution >= 4 is 11.0 Å². The lowest BCUT2D eigenvalue weighted by Gasteiger charge is -2.21. The van der Waals surface area contributed by atoms with E-state index >= 15 is 0 Å². The summed E-state index contributed by atoms with van der Waals surface area (Å²) in [6.07, 6.45) is -0.334. The van der Waals surface area contributed by atoms with Gasteiger partial charge in [-0.3, -0.25) is 0 Å². The third-order valence-corrected chi connectivity index (χ3v) is 2.71. The molecular weight excluding hydrogens is 208 g/mol. The number of rotatable bonds is 0. The molecule has 4 nitrogen and oxygen atoms in total. The molecule has 2 heterocycles. The van der Waals surface area contributed by atoms with Crippen molar-refractivity contribution in [2.45, 2.75) is 12.5 Å². The maximum atomic E-state index is 11.7. The zero-order valence-corrected chi connectivity index (χ0v) is 8.47. The van der Waals surface area contributed by atoms with E-state index in [1.165, 1.54) is 0 Å². The van der Waals surface area contributed by atoms with E-state index in [2.05, 4.69) is 0 Å². The molecule has 0 radical (unpaired) electrons. The predicted molar refractivity (Wildman–Crippen MR) is 57.7 cm³/mol. The molecule has 2 aromatic rings. The Kier molecular flexibility index (Phi) is 1.97. The van der Waals surface area contributed by atoms with Gasteiger partial charge in [0.05, 0.1) is 17.1 Å². The molecule has 4 heteroatoms. The van der Waals surface area contributed by atoms with E-state index in [1.54, 1.807) is 12.1 Å². The molecule has 82 valence electrons. The maximum Gasteiger partial charge on any atom is 0.343 e. The van der Waals surface area contributed by atoms with Gasteiger partial charge < -0.3 is 14.3 Å². The van der Waals surface area contributed by atoms with Crippen LogP contribution in [0.2, 0.25) is 0 Å². The van der Waals surface area contributed by atoms with Crippen LogP contribution in [0.15, 0.2) is 33.5 Å². The first-order valence-corrected chi connectivity index (χ1v) is 5.11. The molecule has 1 unspecified atom stereocenters. The average Bonchev–Trinajstić information content (AvgIpc) is 2.29. The molecule has 1 N–H and O–H groups in total. The third-order valence-electron chi connectivity index (χ3n) is 2.71. The molecule has 3 rings (SSSR count). The first-order valence-electron chi connectivity index (χ1n) is 5.11. The molecule has 1 atom stereocenters. The Morgan fingerprint density at radius 1 is 1.31 bits per heavy atom. The van der Waals surface area contributed by atoms with Crippen molar-refractivity contribution in [1.29, 1.82) is 0 Å². The summed E-state index contributed by atoms with van der Waals surface area (Å²) >= 11 is 0. The Balaban J connectivity index is 2.36. The summed E-state index contributed by atoms with van der Waals surface area (Å²) in [6.45, 7) is 0.223. The number of para-hydroxylation sites is 1. The van der Waals surface area contributed by atoms with Crippen molar-refractivity contribution < 1.29 is 14.3 Å². The molecule has 0 fully saturated rings. The van der Waals surface area contributed by atoms with Crippen molar-refractivity contribution in [3.05, 3.63) is 40.2 Å². The zero-order valence-electron chi connectivity index (χ0n) is 8.47. The van der Waals surface area contributed by atoms with Gasteiger partial charge in [0.15, 0.2) is 0 Å². The predicted octanol–water partition coefficient (Wildman–Crippen LogP) is 1.09. The van der Waals surface area contributed by atoms with Gasteiger partial charge in [0, 0.05) is 6.42 Å². The van der Waals surface area contributed by atoms with E-state index in [-0.39, 0.29) is 6.61 Å². The van der Waals surface area contributed by atoms with Crippen LogP contribution in [0, 0.1) is 0 Å². The van der Waals surface area contributed by atoms with Gasteiger partial charge in [0.2, 0.25) is 0 Å². The molecule has 0 bridgehead atoms. The van der Waals surface area contributed by atoms with Gasteiger partial charge in [0.1, 0.15) is 17.9 Å². The highest BCUT2D eigenvalue weighted by Gasteiger charge is 2.24. The van der Waals surface area contributed by atoms with Crippen molar-refractivity contribution in [2.24, 2.45) is 0 Å². The largest absolute Gasteiger partial charge is 0.490 e. The number of hydrogen-bond donors (Lipinski definition) is 1. The molecular formula is C12H10O4. The van der Waals surface area contributed by atoms with Crippen LogP contribution in [0.4, 0.5) is 0 Å². The van der Waals surface area contributed by atoms with E-state index < -0.39 is 11.7 Å². The molecule has 0 spiro atoms. The van der Waals surface area contributed by atoms with Gasteiger partial charge in [-0.25, -0.2) is 4.79 Å². The summed E-state index contributed by atoms with van der Waals surface area (Å²) in [5, 5.41) is 10.2. The van der Waals surface area contributed by atoms with Gasteiger partial charge in [-0.05, 0) is 12.1 Å². The topological polar surface area (TPSA) is 59.7 Å². The van der Waals surface area contributed by atoms with Crippen LogP contribution in [0.3, 0.4) is 0 Å². The highest BCUT2D eigenvalue weighted by atomic mass is 16.5. The Bertz CT molecular complexity index is 599. The third kappa shape index (κ3) is 1.31. The van der Waals surface area contributed by atoms with Crippen molar-refractivity contribution in [3.63, 3.8) is 0 Å². The van der Waals surface area contributed by atoms with Crippen LogP contribution < -0.4 is 10.4 Å². The lowest BCUT2D eigenvalue weighted by molar-refractivity contribution is 0.0914. The van der Waals surface area contributed by atoms with Gasteiger partial charge in [-0.15, -0.1) is 0 Å². The van der Waals surface area contributed by atoms with Crippen LogP contribution in [-0.2, 0) is 6.42 Å². The number of aliphatic hydroxyl groups is 1. The number of ether oxygens (including phenoxy) is 1. The first kappa shape index (κ1) is 9.42. The number of fused-ring (bicyclic) bond motifs is 3. The summed E-state index contributed by atoms with van der Waals surface area (Å²) in [5.74, 6) is 0.553. The van der Waals surface area contributed by atoms with Crippen LogP contribution in [0.25, 0.3) is 11.0 Å². The molecule has 0 amide bonds. The Morgan fingerprint density at radius 3 is 3.00 bits per heavy atom. The summed E-state index contributed by atoms with van der Waals surface area (Å²) in [5.41, 5.74) is 0.521. The maximum absolute atomic E-state index is 11.7. The van der Waals surface area contributed by atoms with Gasteiger partial charge >= 0.3 is 5.63 Å². The Morgan fingerprint density at radius 2 is 2.12 bits per heavy atom. The van der Waals surface area contributed by atoms with Gasteiger partial charge in [0.25, 0.3) is 0 Å². The average molecular weight is 218 g/mol. The molecule has 0 saturated carbocycles.